The molecule has 2 aromatic heterocycles. The van der Waals surface area contributed by atoms with Crippen LogP contribution in [0.2, 0.25) is 0 Å². The molecule has 0 radical (unpaired) electrons. The number of rotatable bonds is 7. The summed E-state index contributed by atoms with van der Waals surface area (Å²) in [5, 5.41) is 3.32. The van der Waals surface area contributed by atoms with Gasteiger partial charge in [0.25, 0.3) is 5.91 Å². The fourth-order valence-electron chi connectivity index (χ4n) is 6.39. The number of aromatic nitrogens is 1. The van der Waals surface area contributed by atoms with Crippen molar-refractivity contribution < 1.29 is 14.0 Å². The maximum Gasteiger partial charge on any atom is 0.271 e. The van der Waals surface area contributed by atoms with Crippen LogP contribution < -0.4 is 5.32 Å². The summed E-state index contributed by atoms with van der Waals surface area (Å²) in [6.45, 7) is 3.92. The van der Waals surface area contributed by atoms with Gasteiger partial charge in [-0.1, -0.05) is 38.5 Å². The van der Waals surface area contributed by atoms with Gasteiger partial charge in [0.2, 0.25) is 5.91 Å². The predicted octanol–water partition coefficient (Wildman–Crippen LogP) is 4.55. The van der Waals surface area contributed by atoms with E-state index in [4.69, 9.17) is 4.42 Å². The molecular weight excluding hydrogens is 428 g/mol. The van der Waals surface area contributed by atoms with Gasteiger partial charge in [0, 0.05) is 30.8 Å². The monoisotopic (exact) mass is 468 g/mol. The van der Waals surface area contributed by atoms with Crippen LogP contribution in [0.5, 0.6) is 0 Å². The van der Waals surface area contributed by atoms with Gasteiger partial charge in [-0.25, -0.2) is 0 Å². The lowest BCUT2D eigenvalue weighted by atomic mass is 9.91. The Morgan fingerprint density at radius 3 is 2.59 bits per heavy atom. The molecule has 0 saturated heterocycles. The van der Waals surface area contributed by atoms with Gasteiger partial charge in [-0.05, 0) is 52.6 Å². The van der Waals surface area contributed by atoms with Crippen molar-refractivity contribution >= 4 is 22.9 Å². The summed E-state index contributed by atoms with van der Waals surface area (Å²) in [5.74, 6) is -0.0938. The third-order valence-corrected chi connectivity index (χ3v) is 8.57. The van der Waals surface area contributed by atoms with Crippen molar-refractivity contribution in [3.8, 4) is 0 Å². The highest BCUT2D eigenvalue weighted by molar-refractivity contribution is 6.02. The van der Waals surface area contributed by atoms with Crippen LogP contribution in [0, 0.1) is 0 Å². The highest BCUT2D eigenvalue weighted by Gasteiger charge is 2.48. The van der Waals surface area contributed by atoms with E-state index in [1.807, 2.05) is 28.5 Å². The molecule has 0 spiro atoms. The van der Waals surface area contributed by atoms with Crippen LogP contribution in [0.3, 0.4) is 0 Å². The molecule has 2 aromatic rings. The lowest BCUT2D eigenvalue weighted by Crippen LogP contribution is -2.65. The molecule has 34 heavy (non-hydrogen) atoms. The molecule has 2 amide bonds. The Morgan fingerprint density at radius 2 is 1.85 bits per heavy atom. The van der Waals surface area contributed by atoms with Crippen molar-refractivity contribution in [2.24, 2.45) is 0 Å². The molecule has 3 heterocycles. The van der Waals surface area contributed by atoms with Crippen LogP contribution in [-0.2, 0) is 11.3 Å². The zero-order chi connectivity index (χ0) is 23.7. The van der Waals surface area contributed by atoms with Gasteiger partial charge >= 0.3 is 0 Å². The molecule has 0 bridgehead atoms. The maximum absolute atomic E-state index is 13.7. The highest BCUT2D eigenvalue weighted by Crippen LogP contribution is 2.33. The average molecular weight is 469 g/mol. The summed E-state index contributed by atoms with van der Waals surface area (Å²) in [6.07, 6.45) is 14.7. The number of furan rings is 1. The number of nitrogens with one attached hydrogen (secondary N) is 1. The molecular formula is C27H40N4O3. The third-order valence-electron chi connectivity index (χ3n) is 8.57. The standard InChI is InChI=1S/C27H40N4O3/c1-27(26(33)28-20-10-5-3-6-11-20)19-30-22-14-17-34-24(22)18-23(30)25(32)31(27)16-9-15-29(2)21-12-7-4-8-13-21/h14,17-18,20-21H,3-13,15-16,19H2,1-2H3,(H,28,33). The van der Waals surface area contributed by atoms with Crippen molar-refractivity contribution in [3.63, 3.8) is 0 Å². The molecule has 7 nitrogen and oxygen atoms in total. The second-order valence-corrected chi connectivity index (χ2v) is 11.0. The molecule has 1 atom stereocenters. The molecule has 1 aliphatic heterocycles. The normalized spacial score (nSPS) is 24.7. The Morgan fingerprint density at radius 1 is 1.15 bits per heavy atom. The van der Waals surface area contributed by atoms with Gasteiger partial charge in [0.05, 0.1) is 18.3 Å². The lowest BCUT2D eigenvalue weighted by molar-refractivity contribution is -0.133. The second kappa shape index (κ2) is 9.76. The van der Waals surface area contributed by atoms with Gasteiger partial charge in [0.1, 0.15) is 11.2 Å². The van der Waals surface area contributed by atoms with Crippen molar-refractivity contribution in [1.29, 1.82) is 0 Å². The van der Waals surface area contributed by atoms with Gasteiger partial charge in [-0.15, -0.1) is 0 Å². The zero-order valence-corrected chi connectivity index (χ0v) is 20.9. The van der Waals surface area contributed by atoms with Gasteiger partial charge in [-0.3, -0.25) is 9.59 Å². The molecule has 3 aliphatic rings. The number of hydrogen-bond donors (Lipinski definition) is 1. The first-order valence-electron chi connectivity index (χ1n) is 13.4. The molecule has 5 rings (SSSR count). The molecule has 2 fully saturated rings. The number of hydrogen-bond acceptors (Lipinski definition) is 4. The average Bonchev–Trinajstić information content (AvgIpc) is 3.45. The highest BCUT2D eigenvalue weighted by atomic mass is 16.3. The minimum atomic E-state index is -0.922. The van der Waals surface area contributed by atoms with Crippen LogP contribution >= 0.6 is 0 Å². The van der Waals surface area contributed by atoms with E-state index in [9.17, 15) is 9.59 Å². The van der Waals surface area contributed by atoms with Gasteiger partial charge in [-0.2, -0.15) is 0 Å². The Kier molecular flexibility index (Phi) is 6.74. The minimum Gasteiger partial charge on any atom is -0.463 e. The SMILES string of the molecule is CN(CCCN1C(=O)c2cc3occc3n2CC1(C)C(=O)NC1CCCCC1)C1CCCCC1. The smallest absolute Gasteiger partial charge is 0.271 e. The molecule has 186 valence electrons. The van der Waals surface area contributed by atoms with Crippen LogP contribution in [-0.4, -0.2) is 63.9 Å². The lowest BCUT2D eigenvalue weighted by Gasteiger charge is -2.45. The molecule has 2 saturated carbocycles. The van der Waals surface area contributed by atoms with Crippen LogP contribution in [0.25, 0.3) is 11.1 Å². The first-order valence-corrected chi connectivity index (χ1v) is 13.4. The van der Waals surface area contributed by atoms with E-state index in [0.717, 1.165) is 44.2 Å². The summed E-state index contributed by atoms with van der Waals surface area (Å²) in [4.78, 5) is 31.8. The predicted molar refractivity (Wildman–Crippen MR) is 133 cm³/mol. The summed E-state index contributed by atoms with van der Waals surface area (Å²) in [7, 11) is 2.21. The first kappa shape index (κ1) is 23.5. The Bertz CT molecular complexity index is 1010. The summed E-state index contributed by atoms with van der Waals surface area (Å²) >= 11 is 0. The van der Waals surface area contributed by atoms with E-state index in [1.165, 1.54) is 38.5 Å². The first-order chi connectivity index (χ1) is 16.5. The minimum absolute atomic E-state index is 0.0237. The van der Waals surface area contributed by atoms with Gasteiger partial charge in [0.15, 0.2) is 5.58 Å². The second-order valence-electron chi connectivity index (χ2n) is 11.0. The maximum atomic E-state index is 13.7. The van der Waals surface area contributed by atoms with E-state index in [1.54, 1.807) is 6.26 Å². The van der Waals surface area contributed by atoms with Crippen molar-refractivity contribution in [1.82, 2.24) is 19.7 Å². The molecule has 0 aromatic carbocycles. The number of fused-ring (bicyclic) bond motifs is 3. The molecule has 1 unspecified atom stereocenters. The number of amides is 2. The molecule has 2 aliphatic carbocycles. The topological polar surface area (TPSA) is 70.7 Å². The van der Waals surface area contributed by atoms with E-state index in [-0.39, 0.29) is 17.9 Å². The Hall–Kier alpha value is -2.28. The summed E-state index contributed by atoms with van der Waals surface area (Å²) in [5.41, 5.74) is 1.29. The van der Waals surface area contributed by atoms with Crippen molar-refractivity contribution in [2.75, 3.05) is 20.1 Å². The quantitative estimate of drug-likeness (QED) is 0.647. The summed E-state index contributed by atoms with van der Waals surface area (Å²) in [6, 6.07) is 4.58. The summed E-state index contributed by atoms with van der Waals surface area (Å²) < 4.78 is 7.56. The Balaban J connectivity index is 1.35. The fourth-order valence-corrected chi connectivity index (χ4v) is 6.39. The van der Waals surface area contributed by atoms with E-state index in [2.05, 4.69) is 17.3 Å². The Labute approximate surface area is 202 Å². The molecule has 7 heteroatoms. The molecule has 1 N–H and O–H groups in total. The number of carbonyl (C=O) groups excluding carboxylic acids is 2. The largest absolute Gasteiger partial charge is 0.463 e. The van der Waals surface area contributed by atoms with Crippen LogP contribution in [0.1, 0.15) is 88.0 Å². The van der Waals surface area contributed by atoms with Crippen LogP contribution in [0.4, 0.5) is 0 Å². The van der Waals surface area contributed by atoms with Gasteiger partial charge < -0.3 is 24.1 Å². The fraction of sp³-hybridized carbons (Fsp3) is 0.704. The number of nitrogens with zero attached hydrogens (tertiary/aromatic N) is 3. The van der Waals surface area contributed by atoms with Crippen molar-refractivity contribution in [3.05, 3.63) is 24.1 Å². The zero-order valence-electron chi connectivity index (χ0n) is 20.9. The van der Waals surface area contributed by atoms with E-state index < -0.39 is 5.54 Å². The third kappa shape index (κ3) is 4.39. The number of carbonyl (C=O) groups is 2. The van der Waals surface area contributed by atoms with Crippen molar-refractivity contribution in [2.45, 2.75) is 102 Å². The van der Waals surface area contributed by atoms with E-state index >= 15 is 0 Å². The van der Waals surface area contributed by atoms with Crippen LogP contribution in [0.15, 0.2) is 22.8 Å². The van der Waals surface area contributed by atoms with E-state index in [0.29, 0.717) is 30.4 Å².